The number of fused-ring (bicyclic) bond motifs is 5. The van der Waals surface area contributed by atoms with Gasteiger partial charge in [-0.3, -0.25) is 9.59 Å². The minimum absolute atomic E-state index is 0.0344. The van der Waals surface area contributed by atoms with E-state index in [0.29, 0.717) is 17.6 Å². The van der Waals surface area contributed by atoms with Crippen LogP contribution in [0.25, 0.3) is 0 Å². The van der Waals surface area contributed by atoms with Gasteiger partial charge in [-0.05, 0) is 30.9 Å². The Balaban J connectivity index is 1.81. The molecule has 0 aromatic heterocycles. The van der Waals surface area contributed by atoms with E-state index in [4.69, 9.17) is 9.47 Å². The molecule has 0 amide bonds. The van der Waals surface area contributed by atoms with Crippen LogP contribution >= 0.6 is 0 Å². The van der Waals surface area contributed by atoms with Crippen molar-refractivity contribution in [3.05, 3.63) is 47.6 Å². The fourth-order valence-electron chi connectivity index (χ4n) is 7.64. The molecule has 202 valence electrons. The zero-order valence-electron chi connectivity index (χ0n) is 22.7. The first-order valence-electron chi connectivity index (χ1n) is 13.4. The Bertz CT molecular complexity index is 1100. The summed E-state index contributed by atoms with van der Waals surface area (Å²) in [6.07, 6.45) is 11.8. The first kappa shape index (κ1) is 27.5. The molecule has 7 nitrogen and oxygen atoms in total. The molecule has 0 unspecified atom stereocenters. The lowest BCUT2D eigenvalue weighted by Gasteiger charge is -2.52. The lowest BCUT2D eigenvalue weighted by Crippen LogP contribution is -2.63. The highest BCUT2D eigenvalue weighted by atomic mass is 16.6. The van der Waals surface area contributed by atoms with E-state index in [1.165, 1.54) is 13.0 Å². The highest BCUT2D eigenvalue weighted by molar-refractivity contribution is 6.00. The molecule has 0 saturated heterocycles. The number of unbranched alkanes of at least 4 members (excludes halogenated alkanes) is 1. The van der Waals surface area contributed by atoms with Crippen molar-refractivity contribution >= 4 is 17.7 Å². The van der Waals surface area contributed by atoms with Gasteiger partial charge in [-0.2, -0.15) is 0 Å². The van der Waals surface area contributed by atoms with Gasteiger partial charge in [-0.1, -0.05) is 64.5 Å². The van der Waals surface area contributed by atoms with Crippen LogP contribution in [-0.4, -0.2) is 51.8 Å². The van der Waals surface area contributed by atoms with E-state index in [-0.39, 0.29) is 18.3 Å². The molecule has 0 aromatic rings. The van der Waals surface area contributed by atoms with Crippen molar-refractivity contribution in [1.29, 1.82) is 0 Å². The molecule has 4 aliphatic carbocycles. The summed E-state index contributed by atoms with van der Waals surface area (Å²) in [6, 6.07) is 0. The maximum Gasteiger partial charge on any atom is 0.331 e. The second-order valence-corrected chi connectivity index (χ2v) is 11.8. The Hall–Kier alpha value is -2.51. The SMILES string of the molecule is CCC/C=C/C=CC(=O)O[C@@H]1[C@@H](C)[C@]2(O)[C@@H]3C=C(C)C(=O)[C@H]3CC(CO)=C[C@H]2[C@@H]2C(C)(C)[C@]12OC(C)=O. The maximum atomic E-state index is 13.1. The number of esters is 2. The Morgan fingerprint density at radius 2 is 1.89 bits per heavy atom. The number of rotatable bonds is 7. The molecule has 37 heavy (non-hydrogen) atoms. The van der Waals surface area contributed by atoms with E-state index in [0.717, 1.165) is 12.8 Å². The molecule has 2 saturated carbocycles. The molecule has 0 aliphatic heterocycles. The topological polar surface area (TPSA) is 110 Å². The maximum absolute atomic E-state index is 13.1. The van der Waals surface area contributed by atoms with E-state index in [1.54, 1.807) is 19.1 Å². The number of ketones is 1. The highest BCUT2D eigenvalue weighted by Gasteiger charge is 2.87. The van der Waals surface area contributed by atoms with Crippen molar-refractivity contribution in [2.75, 3.05) is 6.61 Å². The fourth-order valence-corrected chi connectivity index (χ4v) is 7.64. The van der Waals surface area contributed by atoms with Crippen LogP contribution in [0.5, 0.6) is 0 Å². The molecular formula is C30H40O7. The summed E-state index contributed by atoms with van der Waals surface area (Å²) in [5.41, 5.74) is -1.94. The second kappa shape index (κ2) is 9.66. The van der Waals surface area contributed by atoms with Gasteiger partial charge in [0, 0.05) is 48.0 Å². The number of carbonyl (C=O) groups is 3. The third-order valence-corrected chi connectivity index (χ3v) is 9.38. The van der Waals surface area contributed by atoms with Gasteiger partial charge in [-0.25, -0.2) is 4.79 Å². The number of hydrogen-bond acceptors (Lipinski definition) is 7. The van der Waals surface area contributed by atoms with Crippen LogP contribution in [0, 0.1) is 35.0 Å². The van der Waals surface area contributed by atoms with Crippen molar-refractivity contribution in [3.8, 4) is 0 Å². The van der Waals surface area contributed by atoms with Crippen LogP contribution in [0.15, 0.2) is 47.6 Å². The highest BCUT2D eigenvalue weighted by Crippen LogP contribution is 2.76. The largest absolute Gasteiger partial charge is 0.455 e. The number of aliphatic hydroxyl groups excluding tert-OH is 1. The molecule has 4 rings (SSSR count). The van der Waals surface area contributed by atoms with E-state index in [9.17, 15) is 24.6 Å². The van der Waals surface area contributed by atoms with Crippen molar-refractivity contribution < 1.29 is 34.1 Å². The number of hydrogen-bond donors (Lipinski definition) is 2. The number of carbonyl (C=O) groups excluding carboxylic acids is 3. The van der Waals surface area contributed by atoms with Gasteiger partial charge < -0.3 is 19.7 Å². The normalized spacial score (nSPS) is 39.8. The second-order valence-electron chi connectivity index (χ2n) is 11.8. The van der Waals surface area contributed by atoms with Crippen LogP contribution in [-0.2, 0) is 23.9 Å². The van der Waals surface area contributed by atoms with Crippen molar-refractivity contribution in [2.45, 2.75) is 78.1 Å². The van der Waals surface area contributed by atoms with Gasteiger partial charge in [0.25, 0.3) is 0 Å². The van der Waals surface area contributed by atoms with Gasteiger partial charge in [0.05, 0.1) is 12.2 Å². The summed E-state index contributed by atoms with van der Waals surface area (Å²) in [5.74, 6) is -3.67. The van der Waals surface area contributed by atoms with E-state index < -0.39 is 58.3 Å². The molecule has 2 fully saturated rings. The molecule has 7 heteroatoms. The monoisotopic (exact) mass is 512 g/mol. The molecule has 0 aromatic carbocycles. The molecule has 4 aliphatic rings. The number of ether oxygens (including phenoxy) is 2. The smallest absolute Gasteiger partial charge is 0.331 e. The predicted molar refractivity (Wildman–Crippen MR) is 138 cm³/mol. The van der Waals surface area contributed by atoms with Gasteiger partial charge in [0.2, 0.25) is 0 Å². The Labute approximate surface area is 219 Å². The summed E-state index contributed by atoms with van der Waals surface area (Å²) < 4.78 is 12.1. The van der Waals surface area contributed by atoms with Gasteiger partial charge in [0.15, 0.2) is 11.4 Å². The van der Waals surface area contributed by atoms with Crippen LogP contribution in [0.2, 0.25) is 0 Å². The average Bonchev–Trinajstić information content (AvgIpc) is 3.22. The summed E-state index contributed by atoms with van der Waals surface area (Å²) in [7, 11) is 0. The molecule has 0 heterocycles. The minimum atomic E-state index is -1.45. The summed E-state index contributed by atoms with van der Waals surface area (Å²) in [4.78, 5) is 38.5. The quantitative estimate of drug-likeness (QED) is 0.231. The molecule has 2 N–H and O–H groups in total. The third-order valence-electron chi connectivity index (χ3n) is 9.38. The molecule has 0 spiro atoms. The Kier molecular flexibility index (Phi) is 7.19. The summed E-state index contributed by atoms with van der Waals surface area (Å²) in [6.45, 7) is 10.7. The van der Waals surface area contributed by atoms with Crippen molar-refractivity contribution in [3.63, 3.8) is 0 Å². The van der Waals surface area contributed by atoms with Crippen LogP contribution in [0.4, 0.5) is 0 Å². The van der Waals surface area contributed by atoms with Crippen LogP contribution in [0.3, 0.4) is 0 Å². The van der Waals surface area contributed by atoms with Crippen molar-refractivity contribution in [2.24, 2.45) is 35.0 Å². The lowest BCUT2D eigenvalue weighted by molar-refractivity contribution is -0.217. The molecule has 8 atom stereocenters. The number of aliphatic hydroxyl groups is 2. The first-order valence-corrected chi connectivity index (χ1v) is 13.4. The molecule has 0 bridgehead atoms. The Morgan fingerprint density at radius 1 is 1.19 bits per heavy atom. The van der Waals surface area contributed by atoms with Crippen molar-refractivity contribution in [1.82, 2.24) is 0 Å². The predicted octanol–water partition coefficient (Wildman–Crippen LogP) is 3.85. The summed E-state index contributed by atoms with van der Waals surface area (Å²) in [5, 5.41) is 22.7. The summed E-state index contributed by atoms with van der Waals surface area (Å²) >= 11 is 0. The zero-order chi connectivity index (χ0) is 27.3. The van der Waals surface area contributed by atoms with Crippen LogP contribution in [0.1, 0.15) is 60.8 Å². The van der Waals surface area contributed by atoms with Gasteiger partial charge in [0.1, 0.15) is 6.10 Å². The first-order chi connectivity index (χ1) is 17.4. The van der Waals surface area contributed by atoms with E-state index >= 15 is 0 Å². The fraction of sp³-hybridized carbons (Fsp3) is 0.633. The van der Waals surface area contributed by atoms with Crippen LogP contribution < -0.4 is 0 Å². The number of Topliss-reactive ketones (excluding diaryl/α,β-unsaturated/α-hetero) is 1. The van der Waals surface area contributed by atoms with E-state index in [2.05, 4.69) is 6.92 Å². The molecule has 0 radical (unpaired) electrons. The Morgan fingerprint density at radius 3 is 2.51 bits per heavy atom. The van der Waals surface area contributed by atoms with Gasteiger partial charge in [-0.15, -0.1) is 0 Å². The molecular weight excluding hydrogens is 472 g/mol. The number of allylic oxidation sites excluding steroid dienone is 4. The average molecular weight is 513 g/mol. The standard InChI is InChI=1S/C30H40O7/c1-7-8-9-10-11-12-24(33)36-27-18(3)29(35)22-13-17(2)25(34)21(22)14-20(16-31)15-23(29)26-28(5,6)30(26,27)37-19(4)32/h9-13,15,18,21-23,26-27,31,35H,7-8,14,16H2,1-6H3/b10-9+,12-11?/t18-,21+,22-,23+,26-,27-,29+,30-/m1/s1. The lowest BCUT2D eigenvalue weighted by atomic mass is 9.60. The third kappa shape index (κ3) is 4.06. The minimum Gasteiger partial charge on any atom is -0.455 e. The zero-order valence-corrected chi connectivity index (χ0v) is 22.7. The van der Waals surface area contributed by atoms with E-state index in [1.807, 2.05) is 39.0 Å². The van der Waals surface area contributed by atoms with Gasteiger partial charge >= 0.3 is 11.9 Å².